The van der Waals surface area contributed by atoms with Crippen molar-refractivity contribution in [1.29, 1.82) is 0 Å². The molecule has 7 heteroatoms. The molecule has 0 aromatic heterocycles. The predicted octanol–water partition coefficient (Wildman–Crippen LogP) is 2.75. The minimum atomic E-state index is -0.823. The maximum Gasteiger partial charge on any atom is 0.325 e. The first-order valence-corrected chi connectivity index (χ1v) is 11.1. The SMILES string of the molecule is CC1CCCCC12NC(=O)N(CC(=O)N(C)Cc1ccccc1N1CCCC1)C2=O. The normalized spacial score (nSPS) is 26.4. The monoisotopic (exact) mass is 412 g/mol. The molecule has 1 aromatic carbocycles. The average Bonchev–Trinajstić information content (AvgIpc) is 3.34. The summed E-state index contributed by atoms with van der Waals surface area (Å²) in [5, 5.41) is 2.92. The molecule has 2 aliphatic heterocycles. The summed E-state index contributed by atoms with van der Waals surface area (Å²) in [6.45, 7) is 4.34. The van der Waals surface area contributed by atoms with E-state index in [0.29, 0.717) is 13.0 Å². The topological polar surface area (TPSA) is 73.0 Å². The Kier molecular flexibility index (Phi) is 5.71. The van der Waals surface area contributed by atoms with Gasteiger partial charge in [0.05, 0.1) is 0 Å². The number of likely N-dealkylation sites (N-methyl/N-ethyl adjacent to an activating group) is 1. The number of urea groups is 1. The van der Waals surface area contributed by atoms with Crippen molar-refractivity contribution in [2.45, 2.75) is 57.5 Å². The van der Waals surface area contributed by atoms with Gasteiger partial charge < -0.3 is 15.1 Å². The first kappa shape index (κ1) is 20.7. The van der Waals surface area contributed by atoms with E-state index < -0.39 is 11.6 Å². The lowest BCUT2D eigenvalue weighted by atomic mass is 9.73. The number of hydrogen-bond acceptors (Lipinski definition) is 4. The molecular formula is C23H32N4O3. The van der Waals surface area contributed by atoms with E-state index in [1.165, 1.54) is 18.5 Å². The second kappa shape index (κ2) is 8.28. The van der Waals surface area contributed by atoms with Crippen molar-refractivity contribution in [3.05, 3.63) is 29.8 Å². The summed E-state index contributed by atoms with van der Waals surface area (Å²) in [7, 11) is 1.74. The molecule has 3 fully saturated rings. The predicted molar refractivity (Wildman–Crippen MR) is 115 cm³/mol. The molecule has 2 atom stereocenters. The lowest BCUT2D eigenvalue weighted by Gasteiger charge is -2.36. The van der Waals surface area contributed by atoms with E-state index in [1.807, 2.05) is 25.1 Å². The molecule has 4 amide bonds. The summed E-state index contributed by atoms with van der Waals surface area (Å²) >= 11 is 0. The van der Waals surface area contributed by atoms with Crippen LogP contribution >= 0.6 is 0 Å². The third-order valence-electron chi connectivity index (χ3n) is 7.07. The van der Waals surface area contributed by atoms with Crippen LogP contribution in [-0.4, -0.2) is 59.9 Å². The van der Waals surface area contributed by atoms with Gasteiger partial charge in [0.15, 0.2) is 0 Å². The van der Waals surface area contributed by atoms with Gasteiger partial charge in [-0.1, -0.05) is 38.0 Å². The molecule has 1 N–H and O–H groups in total. The Morgan fingerprint density at radius 2 is 1.90 bits per heavy atom. The highest BCUT2D eigenvalue weighted by atomic mass is 16.2. The number of imide groups is 1. The summed E-state index contributed by atoms with van der Waals surface area (Å²) in [6, 6.07) is 7.72. The molecule has 2 heterocycles. The van der Waals surface area contributed by atoms with Crippen LogP contribution in [0.5, 0.6) is 0 Å². The van der Waals surface area contributed by atoms with Crippen LogP contribution in [0.25, 0.3) is 0 Å². The van der Waals surface area contributed by atoms with Gasteiger partial charge in [-0.15, -0.1) is 0 Å². The van der Waals surface area contributed by atoms with Crippen LogP contribution in [0.3, 0.4) is 0 Å². The van der Waals surface area contributed by atoms with E-state index in [4.69, 9.17) is 0 Å². The highest BCUT2D eigenvalue weighted by Gasteiger charge is 2.55. The van der Waals surface area contributed by atoms with Gasteiger partial charge in [0, 0.05) is 32.4 Å². The van der Waals surface area contributed by atoms with Crippen molar-refractivity contribution in [1.82, 2.24) is 15.1 Å². The van der Waals surface area contributed by atoms with Crippen molar-refractivity contribution >= 4 is 23.5 Å². The minimum Gasteiger partial charge on any atom is -0.371 e. The Bertz CT molecular complexity index is 835. The molecular weight excluding hydrogens is 380 g/mol. The van der Waals surface area contributed by atoms with Crippen molar-refractivity contribution in [2.75, 3.05) is 31.6 Å². The average molecular weight is 413 g/mol. The number of amides is 4. The fraction of sp³-hybridized carbons (Fsp3) is 0.609. The molecule has 1 saturated carbocycles. The molecule has 3 aliphatic rings. The van der Waals surface area contributed by atoms with Crippen molar-refractivity contribution in [3.8, 4) is 0 Å². The molecule has 1 aromatic rings. The number of carbonyl (C=O) groups excluding carboxylic acids is 3. The lowest BCUT2D eigenvalue weighted by Crippen LogP contribution is -2.54. The van der Waals surface area contributed by atoms with E-state index in [0.717, 1.165) is 42.8 Å². The molecule has 2 unspecified atom stereocenters. The number of anilines is 1. The zero-order valence-electron chi connectivity index (χ0n) is 18.0. The van der Waals surface area contributed by atoms with Crippen LogP contribution in [0.2, 0.25) is 0 Å². The molecule has 4 rings (SSSR count). The molecule has 0 bridgehead atoms. The third kappa shape index (κ3) is 3.66. The van der Waals surface area contributed by atoms with Crippen molar-refractivity contribution in [2.24, 2.45) is 5.92 Å². The Morgan fingerprint density at radius 3 is 2.63 bits per heavy atom. The highest BCUT2D eigenvalue weighted by molar-refractivity contribution is 6.09. The Labute approximate surface area is 178 Å². The number of benzene rings is 1. The van der Waals surface area contributed by atoms with Crippen LogP contribution in [0.4, 0.5) is 10.5 Å². The number of nitrogens with zero attached hydrogens (tertiary/aromatic N) is 3. The molecule has 162 valence electrons. The van der Waals surface area contributed by atoms with Crippen LogP contribution in [0.1, 0.15) is 51.0 Å². The summed E-state index contributed by atoms with van der Waals surface area (Å²) in [4.78, 5) is 43.7. The number of hydrogen-bond donors (Lipinski definition) is 1. The van der Waals surface area contributed by atoms with Gasteiger partial charge in [-0.3, -0.25) is 14.5 Å². The Balaban J connectivity index is 1.43. The maximum atomic E-state index is 13.1. The molecule has 0 radical (unpaired) electrons. The lowest BCUT2D eigenvalue weighted by molar-refractivity contribution is -0.140. The Hall–Kier alpha value is -2.57. The van der Waals surface area contributed by atoms with E-state index in [-0.39, 0.29) is 24.3 Å². The van der Waals surface area contributed by atoms with Gasteiger partial charge in [-0.2, -0.15) is 0 Å². The first-order chi connectivity index (χ1) is 14.4. The van der Waals surface area contributed by atoms with E-state index in [9.17, 15) is 14.4 Å². The van der Waals surface area contributed by atoms with E-state index in [1.54, 1.807) is 11.9 Å². The van der Waals surface area contributed by atoms with Gasteiger partial charge in [-0.25, -0.2) is 4.79 Å². The fourth-order valence-electron chi connectivity index (χ4n) is 5.15. The minimum absolute atomic E-state index is 0.0906. The first-order valence-electron chi connectivity index (χ1n) is 11.1. The summed E-state index contributed by atoms with van der Waals surface area (Å²) in [6.07, 6.45) is 5.95. The van der Waals surface area contributed by atoms with Crippen LogP contribution in [0, 0.1) is 5.92 Å². The van der Waals surface area contributed by atoms with Gasteiger partial charge in [0.25, 0.3) is 5.91 Å². The quantitative estimate of drug-likeness (QED) is 0.755. The van der Waals surface area contributed by atoms with E-state index >= 15 is 0 Å². The maximum absolute atomic E-state index is 13.1. The molecule has 1 spiro atoms. The van der Waals surface area contributed by atoms with Crippen molar-refractivity contribution in [3.63, 3.8) is 0 Å². The van der Waals surface area contributed by atoms with Crippen LogP contribution in [-0.2, 0) is 16.1 Å². The third-order valence-corrected chi connectivity index (χ3v) is 7.07. The number of rotatable bonds is 5. The number of para-hydroxylation sites is 1. The fourth-order valence-corrected chi connectivity index (χ4v) is 5.15. The van der Waals surface area contributed by atoms with Gasteiger partial charge >= 0.3 is 6.03 Å². The zero-order chi connectivity index (χ0) is 21.3. The number of nitrogens with one attached hydrogen (secondary N) is 1. The van der Waals surface area contributed by atoms with Gasteiger partial charge in [0.2, 0.25) is 5.91 Å². The summed E-state index contributed by atoms with van der Waals surface area (Å²) in [5.41, 5.74) is 1.43. The summed E-state index contributed by atoms with van der Waals surface area (Å²) in [5.74, 6) is -0.373. The summed E-state index contributed by atoms with van der Waals surface area (Å²) < 4.78 is 0. The Morgan fingerprint density at radius 1 is 1.17 bits per heavy atom. The van der Waals surface area contributed by atoms with Gasteiger partial charge in [0.1, 0.15) is 12.1 Å². The molecule has 1 aliphatic carbocycles. The van der Waals surface area contributed by atoms with Crippen LogP contribution < -0.4 is 10.2 Å². The second-order valence-electron chi connectivity index (χ2n) is 9.01. The molecule has 2 saturated heterocycles. The van der Waals surface area contributed by atoms with Gasteiger partial charge in [-0.05, 0) is 43.2 Å². The smallest absolute Gasteiger partial charge is 0.325 e. The largest absolute Gasteiger partial charge is 0.371 e. The van der Waals surface area contributed by atoms with Crippen LogP contribution in [0.15, 0.2) is 24.3 Å². The van der Waals surface area contributed by atoms with E-state index in [2.05, 4.69) is 16.3 Å². The second-order valence-corrected chi connectivity index (χ2v) is 9.01. The molecule has 7 nitrogen and oxygen atoms in total. The number of carbonyl (C=O) groups is 3. The zero-order valence-corrected chi connectivity index (χ0v) is 18.0. The van der Waals surface area contributed by atoms with Crippen molar-refractivity contribution < 1.29 is 14.4 Å². The standard InChI is InChI=1S/C23H32N4O3/c1-17-9-5-6-12-23(17)21(29)27(22(30)24-23)16-20(28)25(2)15-18-10-3-4-11-19(18)26-13-7-8-14-26/h3-4,10-11,17H,5-9,12-16H2,1-2H3,(H,24,30). The highest BCUT2D eigenvalue weighted by Crippen LogP contribution is 2.38. The molecule has 30 heavy (non-hydrogen) atoms.